The number of allylic oxidation sites excluding steroid dienone is 1. The van der Waals surface area contributed by atoms with Crippen LogP contribution >= 0.6 is 0 Å². The topological polar surface area (TPSA) is 147 Å². The molecule has 2 aromatic heterocycles. The van der Waals surface area contributed by atoms with Crippen LogP contribution < -0.4 is 11.3 Å². The fourth-order valence-electron chi connectivity index (χ4n) is 2.28. The summed E-state index contributed by atoms with van der Waals surface area (Å²) in [7, 11) is 0. The van der Waals surface area contributed by atoms with Crippen LogP contribution in [0.5, 0.6) is 0 Å². The molecular weight excluding hydrogens is 300 g/mol. The van der Waals surface area contributed by atoms with Gasteiger partial charge in [-0.05, 0) is 18.9 Å². The molecule has 0 bridgehead atoms. The van der Waals surface area contributed by atoms with E-state index in [2.05, 4.69) is 24.9 Å². The second-order valence-electron chi connectivity index (χ2n) is 5.13. The molecule has 3 rings (SSSR count). The lowest BCUT2D eigenvalue weighted by atomic mass is 9.95. The van der Waals surface area contributed by atoms with Crippen LogP contribution in [0.15, 0.2) is 28.1 Å². The molecule has 0 amide bonds. The number of carbonyl (C=O) groups is 1. The summed E-state index contributed by atoms with van der Waals surface area (Å²) in [6, 6.07) is 0. The summed E-state index contributed by atoms with van der Waals surface area (Å²) >= 11 is 0. The number of rotatable bonds is 3. The first-order valence-corrected chi connectivity index (χ1v) is 6.98. The zero-order chi connectivity index (χ0) is 16.4. The van der Waals surface area contributed by atoms with Crippen molar-refractivity contribution in [3.63, 3.8) is 0 Å². The van der Waals surface area contributed by atoms with Crippen molar-refractivity contribution < 1.29 is 9.90 Å². The molecule has 118 valence electrons. The molecule has 2 aromatic rings. The van der Waals surface area contributed by atoms with Gasteiger partial charge in [0.15, 0.2) is 11.2 Å². The quantitative estimate of drug-likeness (QED) is 0.737. The van der Waals surface area contributed by atoms with E-state index in [1.54, 1.807) is 12.2 Å². The maximum absolute atomic E-state index is 11.8. The Bertz CT molecular complexity index is 886. The number of aliphatic imine (C=N–C) groups is 1. The van der Waals surface area contributed by atoms with Crippen LogP contribution in [0.25, 0.3) is 11.2 Å². The van der Waals surface area contributed by atoms with Crippen LogP contribution in [0.2, 0.25) is 0 Å². The summed E-state index contributed by atoms with van der Waals surface area (Å²) in [6.45, 7) is 0.254. The lowest BCUT2D eigenvalue weighted by molar-refractivity contribution is -0.140. The number of nitrogens with two attached hydrogens (primary N) is 1. The van der Waals surface area contributed by atoms with Crippen molar-refractivity contribution in [2.75, 3.05) is 5.73 Å². The predicted molar refractivity (Wildman–Crippen MR) is 83.0 cm³/mol. The van der Waals surface area contributed by atoms with Gasteiger partial charge in [0, 0.05) is 5.71 Å². The van der Waals surface area contributed by atoms with Crippen molar-refractivity contribution in [1.82, 2.24) is 19.9 Å². The average molecular weight is 314 g/mol. The molecular formula is C14H14N6O3. The predicted octanol–water partition coefficient (Wildman–Crippen LogP) is 0.287. The Balaban J connectivity index is 1.80. The fraction of sp³-hybridized carbons (Fsp3) is 0.286. The van der Waals surface area contributed by atoms with Crippen molar-refractivity contribution in [3.05, 3.63) is 34.4 Å². The number of H-pyrrole nitrogens is 1. The van der Waals surface area contributed by atoms with Crippen LogP contribution in [0.1, 0.15) is 18.5 Å². The van der Waals surface area contributed by atoms with Crippen LogP contribution in [-0.4, -0.2) is 36.7 Å². The summed E-state index contributed by atoms with van der Waals surface area (Å²) in [5.74, 6) is -1.29. The van der Waals surface area contributed by atoms with E-state index in [0.29, 0.717) is 18.5 Å². The molecule has 9 nitrogen and oxygen atoms in total. The highest BCUT2D eigenvalue weighted by Crippen LogP contribution is 2.16. The third kappa shape index (κ3) is 3.23. The monoisotopic (exact) mass is 314 g/mol. The molecule has 0 radical (unpaired) electrons. The van der Waals surface area contributed by atoms with Crippen LogP contribution in [0.3, 0.4) is 0 Å². The van der Waals surface area contributed by atoms with E-state index in [4.69, 9.17) is 10.8 Å². The highest BCUT2D eigenvalue weighted by Gasteiger charge is 2.18. The molecule has 1 aliphatic carbocycles. The number of carboxylic acids is 1. The van der Waals surface area contributed by atoms with Gasteiger partial charge in [-0.3, -0.25) is 19.6 Å². The SMILES string of the molecule is Nc1nc2ncc(CN=C3C=CC(C(=O)O)CC3)nc2c(=O)[nH]1. The molecule has 0 saturated heterocycles. The number of aromatic amines is 1. The zero-order valence-electron chi connectivity index (χ0n) is 12.1. The molecule has 0 aromatic carbocycles. The second-order valence-corrected chi connectivity index (χ2v) is 5.13. The molecule has 0 saturated carbocycles. The van der Waals surface area contributed by atoms with Crippen LogP contribution in [0, 0.1) is 5.92 Å². The van der Waals surface area contributed by atoms with Gasteiger partial charge in [0.05, 0.1) is 24.4 Å². The number of aliphatic carboxylic acids is 1. The van der Waals surface area contributed by atoms with Gasteiger partial charge in [0.1, 0.15) is 0 Å². The number of carboxylic acid groups (broad SMARTS) is 1. The van der Waals surface area contributed by atoms with Gasteiger partial charge in [-0.1, -0.05) is 6.08 Å². The number of hydrogen-bond acceptors (Lipinski definition) is 7. The number of nitrogens with one attached hydrogen (secondary N) is 1. The Morgan fingerprint density at radius 1 is 1.48 bits per heavy atom. The summed E-state index contributed by atoms with van der Waals surface area (Å²) in [5.41, 5.74) is 6.62. The smallest absolute Gasteiger partial charge is 0.310 e. The molecule has 0 spiro atoms. The van der Waals surface area contributed by atoms with Gasteiger partial charge in [0.2, 0.25) is 5.95 Å². The highest BCUT2D eigenvalue weighted by atomic mass is 16.4. The van der Waals surface area contributed by atoms with Gasteiger partial charge >= 0.3 is 5.97 Å². The molecule has 1 atom stereocenters. The largest absolute Gasteiger partial charge is 0.481 e. The maximum atomic E-state index is 11.8. The Kier molecular flexibility index (Phi) is 3.83. The van der Waals surface area contributed by atoms with E-state index < -0.39 is 17.4 Å². The van der Waals surface area contributed by atoms with Gasteiger partial charge in [0.25, 0.3) is 5.56 Å². The number of nitrogens with zero attached hydrogens (tertiary/aromatic N) is 4. The fourth-order valence-corrected chi connectivity index (χ4v) is 2.28. The lowest BCUT2D eigenvalue weighted by Crippen LogP contribution is -2.16. The summed E-state index contributed by atoms with van der Waals surface area (Å²) in [5, 5.41) is 8.92. The highest BCUT2D eigenvalue weighted by molar-refractivity contribution is 5.97. The normalized spacial score (nSPS) is 19.3. The third-order valence-corrected chi connectivity index (χ3v) is 3.48. The van der Waals surface area contributed by atoms with E-state index in [1.165, 1.54) is 6.20 Å². The van der Waals surface area contributed by atoms with Gasteiger partial charge < -0.3 is 10.8 Å². The molecule has 0 aliphatic heterocycles. The van der Waals surface area contributed by atoms with Crippen molar-refractivity contribution in [1.29, 1.82) is 0 Å². The van der Waals surface area contributed by atoms with E-state index in [9.17, 15) is 9.59 Å². The summed E-state index contributed by atoms with van der Waals surface area (Å²) in [6.07, 6.45) is 5.95. The van der Waals surface area contributed by atoms with Gasteiger partial charge in [-0.15, -0.1) is 0 Å². The first-order valence-electron chi connectivity index (χ1n) is 6.98. The number of aromatic nitrogens is 4. The molecule has 4 N–H and O–H groups in total. The van der Waals surface area contributed by atoms with Crippen LogP contribution in [-0.2, 0) is 11.3 Å². The third-order valence-electron chi connectivity index (χ3n) is 3.48. The van der Waals surface area contributed by atoms with Gasteiger partial charge in [-0.25, -0.2) is 9.97 Å². The Hall–Kier alpha value is -3.10. The van der Waals surface area contributed by atoms with Crippen molar-refractivity contribution >= 4 is 28.8 Å². The molecule has 1 unspecified atom stereocenters. The number of anilines is 1. The number of hydrogen-bond donors (Lipinski definition) is 3. The number of nitrogen functional groups attached to an aromatic ring is 1. The average Bonchev–Trinajstić information content (AvgIpc) is 2.53. The summed E-state index contributed by atoms with van der Waals surface area (Å²) < 4.78 is 0. The van der Waals surface area contributed by atoms with Crippen molar-refractivity contribution in [2.24, 2.45) is 10.9 Å². The first-order chi connectivity index (χ1) is 11.0. The minimum atomic E-state index is -0.827. The Morgan fingerprint density at radius 3 is 3.00 bits per heavy atom. The lowest BCUT2D eigenvalue weighted by Gasteiger charge is -2.13. The molecule has 0 fully saturated rings. The Labute approximate surface area is 130 Å². The first kappa shape index (κ1) is 14.8. The second kappa shape index (κ2) is 5.95. The summed E-state index contributed by atoms with van der Waals surface area (Å²) in [4.78, 5) is 41.5. The standard InChI is InChI=1S/C14H14N6O3/c15-14-19-11-10(12(21)20-14)18-9(6-17-11)5-16-8-3-1-7(2-4-8)13(22)23/h1,3,6-7H,2,4-5H2,(H,22,23)(H3,15,17,19,20,21). The van der Waals surface area contributed by atoms with Gasteiger partial charge in [-0.2, -0.15) is 4.98 Å². The molecule has 23 heavy (non-hydrogen) atoms. The zero-order valence-corrected chi connectivity index (χ0v) is 12.1. The van der Waals surface area contributed by atoms with E-state index in [0.717, 1.165) is 5.71 Å². The molecule has 9 heteroatoms. The van der Waals surface area contributed by atoms with Crippen molar-refractivity contribution in [3.8, 4) is 0 Å². The van der Waals surface area contributed by atoms with Crippen molar-refractivity contribution in [2.45, 2.75) is 19.4 Å². The number of fused-ring (bicyclic) bond motifs is 1. The molecule has 2 heterocycles. The van der Waals surface area contributed by atoms with E-state index >= 15 is 0 Å². The minimum absolute atomic E-state index is 0.00915. The molecule has 1 aliphatic rings. The Morgan fingerprint density at radius 2 is 2.30 bits per heavy atom. The minimum Gasteiger partial charge on any atom is -0.481 e. The van der Waals surface area contributed by atoms with E-state index in [1.807, 2.05) is 0 Å². The van der Waals surface area contributed by atoms with E-state index in [-0.39, 0.29) is 23.7 Å². The maximum Gasteiger partial charge on any atom is 0.310 e. The van der Waals surface area contributed by atoms with Crippen LogP contribution in [0.4, 0.5) is 5.95 Å².